The van der Waals surface area contributed by atoms with Crippen molar-refractivity contribution in [2.45, 2.75) is 71.9 Å². The number of unbranched alkanes of at least 4 members (excludes halogenated alkanes) is 1. The number of aryl methyl sites for hydroxylation is 1. The van der Waals surface area contributed by atoms with Crippen LogP contribution in [-0.4, -0.2) is 41.4 Å². The highest BCUT2D eigenvalue weighted by atomic mass is 16.5. The molecule has 0 fully saturated rings. The fraction of sp³-hybridized carbons (Fsp3) is 0.519. The van der Waals surface area contributed by atoms with Gasteiger partial charge in [-0.3, -0.25) is 5.32 Å². The first kappa shape index (κ1) is 24.3. The highest BCUT2D eigenvalue weighted by Crippen LogP contribution is 2.30. The second-order valence-corrected chi connectivity index (χ2v) is 8.89. The van der Waals surface area contributed by atoms with Crippen molar-refractivity contribution in [3.8, 4) is 11.5 Å². The van der Waals surface area contributed by atoms with Gasteiger partial charge in [0, 0.05) is 12.3 Å². The van der Waals surface area contributed by atoms with Crippen LogP contribution >= 0.6 is 0 Å². The number of likely N-dealkylation sites (N-methyl/N-ethyl adjacent to an activating group) is 1. The van der Waals surface area contributed by atoms with Crippen LogP contribution in [0.3, 0.4) is 0 Å². The fourth-order valence-corrected chi connectivity index (χ4v) is 3.91. The summed E-state index contributed by atoms with van der Waals surface area (Å²) in [7, 11) is 0. The molecule has 0 aliphatic carbocycles. The van der Waals surface area contributed by atoms with Gasteiger partial charge in [0.1, 0.15) is 30.9 Å². The number of allylic oxidation sites excluding steroid dienone is 1. The van der Waals surface area contributed by atoms with Gasteiger partial charge in [-0.2, -0.15) is 0 Å². The van der Waals surface area contributed by atoms with Crippen molar-refractivity contribution in [3.63, 3.8) is 0 Å². The number of aromatic hydroxyl groups is 1. The molecule has 0 saturated carbocycles. The number of aliphatic imine (C=N–C) groups is 1. The molecular formula is C27H39N2O3+. The van der Waals surface area contributed by atoms with Gasteiger partial charge in [-0.15, -0.1) is 17.1 Å². The lowest BCUT2D eigenvalue weighted by atomic mass is 9.97. The van der Waals surface area contributed by atoms with Crippen molar-refractivity contribution in [1.82, 2.24) is 5.32 Å². The zero-order chi connectivity index (χ0) is 22.9. The average Bonchev–Trinajstić information content (AvgIpc) is 3.45. The van der Waals surface area contributed by atoms with E-state index in [0.29, 0.717) is 24.4 Å². The molecule has 2 unspecified atom stereocenters. The van der Waals surface area contributed by atoms with Gasteiger partial charge in [-0.25, -0.2) is 0 Å². The third kappa shape index (κ3) is 6.81. The predicted molar refractivity (Wildman–Crippen MR) is 132 cm³/mol. The molecule has 0 amide bonds. The van der Waals surface area contributed by atoms with Crippen LogP contribution in [0, 0.1) is 17.9 Å². The Labute approximate surface area is 193 Å². The third-order valence-corrected chi connectivity index (χ3v) is 5.95. The summed E-state index contributed by atoms with van der Waals surface area (Å²) in [5, 5.41) is 13.8. The van der Waals surface area contributed by atoms with E-state index in [1.807, 2.05) is 18.3 Å². The molecule has 1 aromatic rings. The minimum absolute atomic E-state index is 0.0198. The standard InChI is InChI=1S/C27H38N2O3/c1-5-7-8-22-12-13-23(32-22)11-9-20-10-14-26(30)27(15-20)31-18-25(28-6-2)24-16-21(17-29-24)19(3)4/h10,12-17,19,22,25,28,32H,5-9,11,18H2,1-4H3/p+1. The van der Waals surface area contributed by atoms with Crippen LogP contribution in [0.1, 0.15) is 58.9 Å². The van der Waals surface area contributed by atoms with E-state index in [1.54, 1.807) is 6.07 Å². The summed E-state index contributed by atoms with van der Waals surface area (Å²) in [4.78, 5) is 4.58. The maximum Gasteiger partial charge on any atom is 0.196 e. The Morgan fingerprint density at radius 2 is 2.16 bits per heavy atom. The normalized spacial score (nSPS) is 18.7. The second-order valence-electron chi connectivity index (χ2n) is 8.89. The molecule has 0 radical (unpaired) electrons. The van der Waals surface area contributed by atoms with Crippen molar-refractivity contribution >= 4 is 6.21 Å². The van der Waals surface area contributed by atoms with Crippen LogP contribution in [0.2, 0.25) is 0 Å². The van der Waals surface area contributed by atoms with Crippen molar-refractivity contribution in [3.05, 3.63) is 59.7 Å². The van der Waals surface area contributed by atoms with Crippen LogP contribution in [0.4, 0.5) is 0 Å². The Morgan fingerprint density at radius 1 is 1.31 bits per heavy atom. The summed E-state index contributed by atoms with van der Waals surface area (Å²) in [6.07, 6.45) is 15.3. The average molecular weight is 440 g/mol. The molecule has 2 heterocycles. The molecule has 2 aliphatic rings. The molecule has 0 aromatic heterocycles. The highest BCUT2D eigenvalue weighted by Gasteiger charge is 2.30. The number of aliphatic hydroxyl groups is 2. The Balaban J connectivity index is 1.54. The summed E-state index contributed by atoms with van der Waals surface area (Å²) in [5.41, 5.74) is 2.12. The topological polar surface area (TPSA) is 66.7 Å². The van der Waals surface area contributed by atoms with E-state index >= 15 is 0 Å². The first-order valence-electron chi connectivity index (χ1n) is 12.1. The SMILES string of the molecule is CCCCC1C=C[C-](CCc2ccc(O)c(OCC(NCC)C3=C[C+](C(C)C)C=N3)c2)[OH+]1. The van der Waals surface area contributed by atoms with E-state index in [-0.39, 0.29) is 11.8 Å². The molecule has 3 N–H and O–H groups in total. The Kier molecular flexibility index (Phi) is 9.12. The third-order valence-electron chi connectivity index (χ3n) is 5.95. The van der Waals surface area contributed by atoms with Gasteiger partial charge in [-0.05, 0) is 57.4 Å². The van der Waals surface area contributed by atoms with Crippen molar-refractivity contribution in [1.29, 1.82) is 0 Å². The van der Waals surface area contributed by atoms with Crippen LogP contribution in [0.15, 0.2) is 47.1 Å². The molecule has 32 heavy (non-hydrogen) atoms. The van der Waals surface area contributed by atoms with Gasteiger partial charge in [0.05, 0.1) is 6.10 Å². The Hall–Kier alpha value is -2.37. The number of benzene rings is 1. The zero-order valence-electron chi connectivity index (χ0n) is 20.0. The number of hydrogen-bond acceptors (Lipinski definition) is 4. The quantitative estimate of drug-likeness (QED) is 0.333. The van der Waals surface area contributed by atoms with Crippen molar-refractivity contribution in [2.75, 3.05) is 13.2 Å². The maximum absolute atomic E-state index is 10.3. The number of phenolic OH excluding ortho intramolecular Hbond substituents is 1. The van der Waals surface area contributed by atoms with Gasteiger partial charge < -0.3 is 14.6 Å². The van der Waals surface area contributed by atoms with Gasteiger partial charge in [0.15, 0.2) is 23.2 Å². The Bertz CT molecular complexity index is 815. The number of rotatable bonds is 13. The molecule has 3 rings (SSSR count). The minimum Gasteiger partial charge on any atom is -0.504 e. The smallest absolute Gasteiger partial charge is 0.196 e. The van der Waals surface area contributed by atoms with Gasteiger partial charge in [-0.1, -0.05) is 26.3 Å². The monoisotopic (exact) mass is 439 g/mol. The summed E-state index contributed by atoms with van der Waals surface area (Å²) < 4.78 is 10.9. The summed E-state index contributed by atoms with van der Waals surface area (Å²) in [5.74, 6) is 2.36. The molecule has 2 atom stereocenters. The highest BCUT2D eigenvalue weighted by molar-refractivity contribution is 5.83. The molecule has 0 bridgehead atoms. The second kappa shape index (κ2) is 12.0. The first-order chi connectivity index (χ1) is 15.5. The number of ether oxygens (including phenoxy) is 2. The summed E-state index contributed by atoms with van der Waals surface area (Å²) in [6, 6.07) is 5.62. The van der Waals surface area contributed by atoms with Crippen LogP contribution in [0.25, 0.3) is 0 Å². The van der Waals surface area contributed by atoms with Gasteiger partial charge >= 0.3 is 0 Å². The van der Waals surface area contributed by atoms with E-state index in [2.05, 4.69) is 56.2 Å². The predicted octanol–water partition coefficient (Wildman–Crippen LogP) is 5.07. The van der Waals surface area contributed by atoms with E-state index in [0.717, 1.165) is 43.2 Å². The minimum atomic E-state index is -0.0198. The first-order valence-corrected chi connectivity index (χ1v) is 12.1. The number of nitrogens with one attached hydrogen (secondary N) is 1. The molecule has 174 valence electrons. The molecule has 0 saturated heterocycles. The van der Waals surface area contributed by atoms with E-state index in [9.17, 15) is 5.11 Å². The molecular weight excluding hydrogens is 400 g/mol. The van der Waals surface area contributed by atoms with Crippen LogP contribution in [-0.2, 0) is 6.42 Å². The molecule has 1 aromatic carbocycles. The number of nitrogens with zero attached hydrogens (tertiary/aromatic N) is 1. The molecule has 2 aliphatic heterocycles. The van der Waals surface area contributed by atoms with E-state index in [1.165, 1.54) is 18.8 Å². The lowest BCUT2D eigenvalue weighted by Gasteiger charge is -2.18. The molecule has 0 spiro atoms. The van der Waals surface area contributed by atoms with Crippen molar-refractivity contribution in [2.24, 2.45) is 10.9 Å². The van der Waals surface area contributed by atoms with Crippen LogP contribution in [0.5, 0.6) is 11.5 Å². The van der Waals surface area contributed by atoms with Gasteiger partial charge in [0.25, 0.3) is 0 Å². The van der Waals surface area contributed by atoms with E-state index < -0.39 is 0 Å². The zero-order valence-corrected chi connectivity index (χ0v) is 20.0. The molecule has 5 heteroatoms. The lowest BCUT2D eigenvalue weighted by Crippen LogP contribution is -2.35. The summed E-state index contributed by atoms with van der Waals surface area (Å²) in [6.45, 7) is 9.85. The number of hydrogen-bond donors (Lipinski definition) is 2. The van der Waals surface area contributed by atoms with Crippen molar-refractivity contribution < 1.29 is 14.6 Å². The molecule has 5 nitrogen and oxygen atoms in total. The largest absolute Gasteiger partial charge is 0.504 e. The fourth-order valence-electron chi connectivity index (χ4n) is 3.91. The maximum atomic E-state index is 10.3. The van der Waals surface area contributed by atoms with Gasteiger partial charge in [0.2, 0.25) is 0 Å². The van der Waals surface area contributed by atoms with E-state index in [4.69, 9.17) is 9.47 Å². The van der Waals surface area contributed by atoms with Crippen LogP contribution < -0.4 is 10.1 Å². The summed E-state index contributed by atoms with van der Waals surface area (Å²) >= 11 is 0. The Morgan fingerprint density at radius 3 is 2.88 bits per heavy atom. The number of phenols is 1. The lowest BCUT2D eigenvalue weighted by molar-refractivity contribution is -0.0480.